The van der Waals surface area contributed by atoms with Gasteiger partial charge in [-0.1, -0.05) is 0 Å². The van der Waals surface area contributed by atoms with E-state index in [1.807, 2.05) is 0 Å². The summed E-state index contributed by atoms with van der Waals surface area (Å²) in [5.74, 6) is 1.87. The van der Waals surface area contributed by atoms with Crippen molar-refractivity contribution < 1.29 is 9.47 Å². The molecule has 0 spiro atoms. The van der Waals surface area contributed by atoms with Crippen LogP contribution in [0.1, 0.15) is 8.87 Å². The third-order valence-corrected chi connectivity index (χ3v) is 3.62. The normalized spacial score (nSPS) is 9.82. The predicted molar refractivity (Wildman–Crippen MR) is 46.0 cm³/mol. The summed E-state index contributed by atoms with van der Waals surface area (Å²) in [5.41, 5.74) is 0. The Morgan fingerprint density at radius 1 is 0.909 bits per heavy atom. The van der Waals surface area contributed by atoms with E-state index in [-0.39, 0.29) is 0 Å². The number of methoxy groups -OCH3 is 2. The Labute approximate surface area is 72.9 Å². The molecular formula is C8H12O2Se. The molecule has 11 heavy (non-hydrogen) atoms. The van der Waals surface area contributed by atoms with Crippen LogP contribution in [0.5, 0.6) is 11.5 Å². The Morgan fingerprint density at radius 3 is 1.55 bits per heavy atom. The molecule has 62 valence electrons. The molecule has 1 rings (SSSR count). The SMILES string of the molecule is COc1c(C)[se]c(C)c1OC. The van der Waals surface area contributed by atoms with Crippen molar-refractivity contribution in [2.75, 3.05) is 14.2 Å². The first-order valence-electron chi connectivity index (χ1n) is 3.38. The first-order valence-corrected chi connectivity index (χ1v) is 5.10. The van der Waals surface area contributed by atoms with Crippen LogP contribution in [0.4, 0.5) is 0 Å². The van der Waals surface area contributed by atoms with Crippen LogP contribution in [-0.2, 0) is 0 Å². The van der Waals surface area contributed by atoms with E-state index in [0.717, 1.165) is 11.5 Å². The Hall–Kier alpha value is -0.401. The maximum absolute atomic E-state index is 5.21. The van der Waals surface area contributed by atoms with Gasteiger partial charge in [-0.05, 0) is 0 Å². The second-order valence-electron chi connectivity index (χ2n) is 2.28. The minimum atomic E-state index is 0.441. The van der Waals surface area contributed by atoms with Crippen LogP contribution < -0.4 is 9.47 Å². The molecule has 0 amide bonds. The van der Waals surface area contributed by atoms with Gasteiger partial charge in [-0.2, -0.15) is 0 Å². The van der Waals surface area contributed by atoms with E-state index in [0.29, 0.717) is 14.5 Å². The van der Waals surface area contributed by atoms with Gasteiger partial charge in [0.2, 0.25) is 0 Å². The molecule has 0 aliphatic carbocycles. The van der Waals surface area contributed by atoms with Gasteiger partial charge < -0.3 is 0 Å². The average Bonchev–Trinajstić information content (AvgIpc) is 2.24. The number of aryl methyl sites for hydroxylation is 2. The Balaban J connectivity index is 3.17. The summed E-state index contributed by atoms with van der Waals surface area (Å²) < 4.78 is 13.0. The van der Waals surface area contributed by atoms with Crippen molar-refractivity contribution in [3.8, 4) is 11.5 Å². The van der Waals surface area contributed by atoms with E-state index >= 15 is 0 Å². The summed E-state index contributed by atoms with van der Waals surface area (Å²) in [6, 6.07) is 0. The monoisotopic (exact) mass is 220 g/mol. The molecule has 0 N–H and O–H groups in total. The van der Waals surface area contributed by atoms with Gasteiger partial charge in [-0.15, -0.1) is 0 Å². The molecule has 0 fully saturated rings. The van der Waals surface area contributed by atoms with Crippen LogP contribution in [0, 0.1) is 13.8 Å². The predicted octanol–water partition coefficient (Wildman–Crippen LogP) is 1.38. The summed E-state index contributed by atoms with van der Waals surface area (Å²) >= 11 is 0.441. The molecule has 0 aromatic carbocycles. The van der Waals surface area contributed by atoms with E-state index in [2.05, 4.69) is 13.8 Å². The third-order valence-electron chi connectivity index (χ3n) is 1.56. The Morgan fingerprint density at radius 2 is 1.27 bits per heavy atom. The molecule has 0 saturated heterocycles. The van der Waals surface area contributed by atoms with E-state index in [4.69, 9.17) is 9.47 Å². The van der Waals surface area contributed by atoms with Crippen molar-refractivity contribution in [3.05, 3.63) is 8.87 Å². The van der Waals surface area contributed by atoms with Gasteiger partial charge in [0.1, 0.15) is 0 Å². The molecule has 0 aliphatic heterocycles. The van der Waals surface area contributed by atoms with Gasteiger partial charge in [0.15, 0.2) is 0 Å². The Kier molecular flexibility index (Phi) is 2.63. The third kappa shape index (κ3) is 1.44. The molecule has 1 aromatic rings. The summed E-state index contributed by atoms with van der Waals surface area (Å²) in [7, 11) is 3.37. The van der Waals surface area contributed by atoms with Gasteiger partial charge in [0, 0.05) is 0 Å². The molecule has 0 radical (unpaired) electrons. The van der Waals surface area contributed by atoms with Crippen LogP contribution in [0.3, 0.4) is 0 Å². The summed E-state index contributed by atoms with van der Waals surface area (Å²) in [4.78, 5) is 0. The fourth-order valence-electron chi connectivity index (χ4n) is 1.11. The van der Waals surface area contributed by atoms with Gasteiger partial charge in [-0.3, -0.25) is 0 Å². The van der Waals surface area contributed by atoms with Crippen LogP contribution in [0.2, 0.25) is 0 Å². The minimum absolute atomic E-state index is 0.441. The average molecular weight is 219 g/mol. The number of rotatable bonds is 2. The maximum atomic E-state index is 5.21. The van der Waals surface area contributed by atoms with Gasteiger partial charge in [0.25, 0.3) is 0 Å². The van der Waals surface area contributed by atoms with Gasteiger partial charge in [-0.25, -0.2) is 0 Å². The topological polar surface area (TPSA) is 18.5 Å². The van der Waals surface area contributed by atoms with E-state index in [9.17, 15) is 0 Å². The van der Waals surface area contributed by atoms with Crippen molar-refractivity contribution in [2.24, 2.45) is 0 Å². The van der Waals surface area contributed by atoms with Gasteiger partial charge in [0.05, 0.1) is 0 Å². The molecule has 1 heterocycles. The zero-order valence-electron chi connectivity index (χ0n) is 7.22. The van der Waals surface area contributed by atoms with Gasteiger partial charge >= 0.3 is 72.4 Å². The van der Waals surface area contributed by atoms with Crippen molar-refractivity contribution in [1.82, 2.24) is 0 Å². The summed E-state index contributed by atoms with van der Waals surface area (Å²) in [6.45, 7) is 4.18. The molecular weight excluding hydrogens is 207 g/mol. The van der Waals surface area contributed by atoms with E-state index in [1.165, 1.54) is 8.87 Å². The number of ether oxygens (including phenoxy) is 2. The second kappa shape index (κ2) is 3.33. The van der Waals surface area contributed by atoms with Crippen molar-refractivity contribution >= 4 is 14.5 Å². The van der Waals surface area contributed by atoms with Crippen LogP contribution in [0.15, 0.2) is 0 Å². The fourth-order valence-corrected chi connectivity index (χ4v) is 3.21. The second-order valence-corrected chi connectivity index (χ2v) is 5.28. The zero-order valence-corrected chi connectivity index (χ0v) is 8.94. The summed E-state index contributed by atoms with van der Waals surface area (Å²) in [6.07, 6.45) is 0. The van der Waals surface area contributed by atoms with E-state index < -0.39 is 0 Å². The first kappa shape index (κ1) is 8.69. The molecule has 0 atom stereocenters. The van der Waals surface area contributed by atoms with Crippen molar-refractivity contribution in [3.63, 3.8) is 0 Å². The van der Waals surface area contributed by atoms with Crippen molar-refractivity contribution in [2.45, 2.75) is 13.8 Å². The Bertz CT molecular complexity index is 228. The molecule has 0 unspecified atom stereocenters. The number of hydrogen-bond acceptors (Lipinski definition) is 2. The zero-order chi connectivity index (χ0) is 8.43. The standard InChI is InChI=1S/C8H12O2Se/c1-5-7(9-3)8(10-4)6(2)11-5/h1-4H3. The molecule has 0 saturated carbocycles. The fraction of sp³-hybridized carbons (Fsp3) is 0.500. The quantitative estimate of drug-likeness (QED) is 0.699. The molecule has 2 nitrogen and oxygen atoms in total. The number of hydrogen-bond donors (Lipinski definition) is 0. The van der Waals surface area contributed by atoms with Crippen LogP contribution >= 0.6 is 0 Å². The first-order chi connectivity index (χ1) is 5.20. The molecule has 0 aliphatic rings. The summed E-state index contributed by atoms with van der Waals surface area (Å²) in [5, 5.41) is 0. The molecule has 0 bridgehead atoms. The van der Waals surface area contributed by atoms with Crippen molar-refractivity contribution in [1.29, 1.82) is 0 Å². The van der Waals surface area contributed by atoms with Crippen LogP contribution in [-0.4, -0.2) is 28.7 Å². The van der Waals surface area contributed by atoms with Crippen LogP contribution in [0.25, 0.3) is 0 Å². The molecule has 3 heteroatoms. The molecule has 1 aromatic heterocycles. The van der Waals surface area contributed by atoms with E-state index in [1.54, 1.807) is 14.2 Å².